The summed E-state index contributed by atoms with van der Waals surface area (Å²) in [6.07, 6.45) is 5.03. The van der Waals surface area contributed by atoms with E-state index >= 15 is 0 Å². The molecule has 4 heterocycles. The fraction of sp³-hybridized carbons (Fsp3) is 0.387. The molecular weight excluding hydrogens is 578 g/mol. The number of anilines is 1. The predicted octanol–water partition coefficient (Wildman–Crippen LogP) is 5.68. The van der Waals surface area contributed by atoms with Gasteiger partial charge in [-0.15, -0.1) is 0 Å². The predicted molar refractivity (Wildman–Crippen MR) is 159 cm³/mol. The van der Waals surface area contributed by atoms with Gasteiger partial charge in [0.25, 0.3) is 12.3 Å². The second-order valence-corrected chi connectivity index (χ2v) is 11.6. The molecule has 1 N–H and O–H groups in total. The fourth-order valence-corrected chi connectivity index (χ4v) is 6.33. The number of halogens is 3. The number of carbonyl (C=O) groups is 2. The zero-order chi connectivity index (χ0) is 30.1. The average molecular weight is 609 g/mol. The topological polar surface area (TPSA) is 102 Å². The molecular formula is C31H31ClF2N6O3. The minimum absolute atomic E-state index is 0.0638. The summed E-state index contributed by atoms with van der Waals surface area (Å²) >= 11 is 5.91. The standard InChI is InChI=1S/C31H31ClF2N6O3/c32-20-15-23(28(29(33)34)36-16-20)30(42)37-21-10-8-19(9-11-21)18-39-24-5-1-2-6-25(24)40(31(39)43)22-12-13-26(35-17-22)38-14-4-3-7-27(38)41/h1-2,5-6,12-13,15-17,19,21,29H,3-4,7-11,14,18H2,(H,37,42)/t19-,21-. The third-order valence-electron chi connectivity index (χ3n) is 8.39. The number of nitrogens with one attached hydrogen (secondary N) is 1. The Bertz CT molecular complexity index is 1710. The van der Waals surface area contributed by atoms with E-state index in [4.69, 9.17) is 11.6 Å². The van der Waals surface area contributed by atoms with Gasteiger partial charge in [-0.25, -0.2) is 18.6 Å². The van der Waals surface area contributed by atoms with Gasteiger partial charge in [0.1, 0.15) is 11.5 Å². The molecule has 224 valence electrons. The number of amides is 2. The molecule has 0 radical (unpaired) electrons. The van der Waals surface area contributed by atoms with Gasteiger partial charge in [0.15, 0.2) is 0 Å². The SMILES string of the molecule is O=C(N[C@H]1CC[C@H](Cn2c(=O)n(-c3ccc(N4CCCCC4=O)nc3)c3ccccc32)CC1)c1cc(Cl)cnc1C(F)F. The first-order valence-corrected chi connectivity index (χ1v) is 14.9. The highest BCUT2D eigenvalue weighted by Crippen LogP contribution is 2.29. The Morgan fingerprint density at radius 1 is 1.00 bits per heavy atom. The van der Waals surface area contributed by atoms with Crippen molar-refractivity contribution in [1.29, 1.82) is 0 Å². The van der Waals surface area contributed by atoms with E-state index in [9.17, 15) is 23.2 Å². The van der Waals surface area contributed by atoms with Crippen molar-refractivity contribution in [3.8, 4) is 5.69 Å². The molecule has 3 aromatic heterocycles. The molecule has 43 heavy (non-hydrogen) atoms. The zero-order valence-electron chi connectivity index (χ0n) is 23.4. The van der Waals surface area contributed by atoms with E-state index < -0.39 is 18.0 Å². The summed E-state index contributed by atoms with van der Waals surface area (Å²) in [5, 5.41) is 2.98. The van der Waals surface area contributed by atoms with Crippen LogP contribution in [0.2, 0.25) is 5.02 Å². The van der Waals surface area contributed by atoms with Crippen LogP contribution in [0.25, 0.3) is 16.7 Å². The molecule has 0 spiro atoms. The van der Waals surface area contributed by atoms with Gasteiger partial charge in [0, 0.05) is 31.7 Å². The number of nitrogens with zero attached hydrogens (tertiary/aromatic N) is 5. The van der Waals surface area contributed by atoms with Crippen LogP contribution in [0.3, 0.4) is 0 Å². The van der Waals surface area contributed by atoms with Gasteiger partial charge >= 0.3 is 5.69 Å². The number of pyridine rings is 2. The largest absolute Gasteiger partial charge is 0.349 e. The van der Waals surface area contributed by atoms with Crippen LogP contribution in [-0.4, -0.2) is 43.5 Å². The lowest BCUT2D eigenvalue weighted by atomic mass is 9.85. The molecule has 9 nitrogen and oxygen atoms in total. The monoisotopic (exact) mass is 608 g/mol. The van der Waals surface area contributed by atoms with Crippen LogP contribution >= 0.6 is 11.6 Å². The number of hydrogen-bond acceptors (Lipinski definition) is 5. The van der Waals surface area contributed by atoms with E-state index in [1.54, 1.807) is 26.3 Å². The van der Waals surface area contributed by atoms with Crippen molar-refractivity contribution >= 4 is 40.3 Å². The van der Waals surface area contributed by atoms with Crippen LogP contribution in [0.5, 0.6) is 0 Å². The van der Waals surface area contributed by atoms with E-state index in [-0.39, 0.29) is 34.1 Å². The molecule has 0 bridgehead atoms. The van der Waals surface area contributed by atoms with Gasteiger partial charge in [-0.05, 0) is 74.8 Å². The highest BCUT2D eigenvalue weighted by atomic mass is 35.5. The quantitative estimate of drug-likeness (QED) is 0.291. The smallest absolute Gasteiger partial charge is 0.333 e. The third-order valence-corrected chi connectivity index (χ3v) is 8.59. The highest BCUT2D eigenvalue weighted by Gasteiger charge is 2.28. The van der Waals surface area contributed by atoms with Crippen LogP contribution in [0.4, 0.5) is 14.6 Å². The molecule has 1 saturated heterocycles. The van der Waals surface area contributed by atoms with Crippen LogP contribution in [0.1, 0.15) is 67.4 Å². The van der Waals surface area contributed by atoms with E-state index in [0.29, 0.717) is 43.9 Å². The highest BCUT2D eigenvalue weighted by molar-refractivity contribution is 6.30. The number of carbonyl (C=O) groups excluding carboxylic acids is 2. The first-order chi connectivity index (χ1) is 20.8. The summed E-state index contributed by atoms with van der Waals surface area (Å²) in [5.74, 6) is 0.234. The van der Waals surface area contributed by atoms with Gasteiger partial charge in [0.05, 0.1) is 33.5 Å². The van der Waals surface area contributed by atoms with Crippen LogP contribution in [0, 0.1) is 5.92 Å². The number of alkyl halides is 2. The normalized spacial score (nSPS) is 19.3. The van der Waals surface area contributed by atoms with Gasteiger partial charge in [0.2, 0.25) is 5.91 Å². The van der Waals surface area contributed by atoms with Crippen molar-refractivity contribution in [3.63, 3.8) is 0 Å². The molecule has 2 aliphatic rings. The fourth-order valence-electron chi connectivity index (χ4n) is 6.17. The van der Waals surface area contributed by atoms with Crippen molar-refractivity contribution in [2.24, 2.45) is 5.92 Å². The molecule has 1 aromatic carbocycles. The van der Waals surface area contributed by atoms with Gasteiger partial charge < -0.3 is 5.32 Å². The maximum atomic E-state index is 13.8. The number of piperidine rings is 1. The maximum absolute atomic E-state index is 13.8. The molecule has 0 atom stereocenters. The van der Waals surface area contributed by atoms with Crippen LogP contribution in [-0.2, 0) is 11.3 Å². The first-order valence-electron chi connectivity index (χ1n) is 14.5. The molecule has 1 aliphatic heterocycles. The van der Waals surface area contributed by atoms with E-state index in [1.807, 2.05) is 30.3 Å². The average Bonchev–Trinajstić information content (AvgIpc) is 3.29. The van der Waals surface area contributed by atoms with Crippen LogP contribution < -0.4 is 15.9 Å². The Kier molecular flexibility index (Phi) is 8.25. The summed E-state index contributed by atoms with van der Waals surface area (Å²) in [7, 11) is 0. The van der Waals surface area contributed by atoms with Crippen molar-refractivity contribution in [2.75, 3.05) is 11.4 Å². The van der Waals surface area contributed by atoms with Gasteiger partial charge in [-0.3, -0.25) is 28.6 Å². The van der Waals surface area contributed by atoms with Crippen molar-refractivity contribution in [3.05, 3.63) is 81.6 Å². The Hall–Kier alpha value is -4.12. The molecule has 4 aromatic rings. The first kappa shape index (κ1) is 29.0. The van der Waals surface area contributed by atoms with Crippen molar-refractivity contribution < 1.29 is 18.4 Å². The lowest BCUT2D eigenvalue weighted by molar-refractivity contribution is -0.119. The second-order valence-electron chi connectivity index (χ2n) is 11.2. The molecule has 1 aliphatic carbocycles. The van der Waals surface area contributed by atoms with E-state index in [1.165, 1.54) is 6.07 Å². The Morgan fingerprint density at radius 3 is 2.47 bits per heavy atom. The molecule has 0 unspecified atom stereocenters. The minimum Gasteiger partial charge on any atom is -0.349 e. The summed E-state index contributed by atoms with van der Waals surface area (Å²) in [4.78, 5) is 48.8. The molecule has 2 amide bonds. The Labute approximate surface area is 251 Å². The van der Waals surface area contributed by atoms with E-state index in [0.717, 1.165) is 42.9 Å². The molecule has 2 fully saturated rings. The van der Waals surface area contributed by atoms with Gasteiger partial charge in [-0.1, -0.05) is 23.7 Å². The summed E-state index contributed by atoms with van der Waals surface area (Å²) < 4.78 is 30.2. The zero-order valence-corrected chi connectivity index (χ0v) is 24.1. The number of para-hydroxylation sites is 2. The lowest BCUT2D eigenvalue weighted by Crippen LogP contribution is -2.39. The Balaban J connectivity index is 1.16. The Morgan fingerprint density at radius 2 is 1.77 bits per heavy atom. The number of fused-ring (bicyclic) bond motifs is 1. The molecule has 12 heteroatoms. The number of benzene rings is 1. The second kappa shape index (κ2) is 12.2. The molecule has 1 saturated carbocycles. The van der Waals surface area contributed by atoms with E-state index in [2.05, 4.69) is 15.3 Å². The number of hydrogen-bond donors (Lipinski definition) is 1. The van der Waals surface area contributed by atoms with Crippen LogP contribution in [0.15, 0.2) is 59.7 Å². The number of rotatable bonds is 7. The van der Waals surface area contributed by atoms with Crippen molar-refractivity contribution in [1.82, 2.24) is 24.4 Å². The van der Waals surface area contributed by atoms with Crippen molar-refractivity contribution in [2.45, 2.75) is 64.0 Å². The lowest BCUT2D eigenvalue weighted by Gasteiger charge is -2.29. The maximum Gasteiger partial charge on any atom is 0.333 e. The minimum atomic E-state index is -2.89. The number of aromatic nitrogens is 4. The number of imidazole rings is 1. The third kappa shape index (κ3) is 5.90. The summed E-state index contributed by atoms with van der Waals surface area (Å²) in [5.41, 5.74) is 1.23. The van der Waals surface area contributed by atoms with Gasteiger partial charge in [-0.2, -0.15) is 0 Å². The summed E-state index contributed by atoms with van der Waals surface area (Å²) in [6, 6.07) is 12.3. The summed E-state index contributed by atoms with van der Waals surface area (Å²) in [6.45, 7) is 1.15. The molecule has 6 rings (SSSR count).